The average Bonchev–Trinajstić information content (AvgIpc) is 2.72. The summed E-state index contributed by atoms with van der Waals surface area (Å²) < 4.78 is 22.4. The summed E-state index contributed by atoms with van der Waals surface area (Å²) in [6.07, 6.45) is 6.20. The Hall–Kier alpha value is -2.04. The van der Waals surface area contributed by atoms with Crippen molar-refractivity contribution in [2.45, 2.75) is 32.2 Å². The zero-order chi connectivity index (χ0) is 18.6. The molecule has 2 nitrogen and oxygen atoms in total. The Balaban J connectivity index is 1.49. The lowest BCUT2D eigenvalue weighted by molar-refractivity contribution is 0.0852. The topological polar surface area (TPSA) is 12.5 Å². The molecule has 0 unspecified atom stereocenters. The number of nitrogens with zero attached hydrogens (tertiary/aromatic N) is 1. The molecule has 0 aliphatic carbocycles. The van der Waals surface area contributed by atoms with Gasteiger partial charge in [0.2, 0.25) is 0 Å². The van der Waals surface area contributed by atoms with Gasteiger partial charge >= 0.3 is 0 Å². The van der Waals surface area contributed by atoms with Gasteiger partial charge in [-0.15, -0.1) is 0 Å². The summed E-state index contributed by atoms with van der Waals surface area (Å²) >= 11 is 1.67. The third-order valence-corrected chi connectivity index (χ3v) is 6.43. The van der Waals surface area contributed by atoms with E-state index in [4.69, 9.17) is 4.74 Å². The van der Waals surface area contributed by atoms with Gasteiger partial charge in [0, 0.05) is 29.4 Å². The van der Waals surface area contributed by atoms with Crippen molar-refractivity contribution in [3.05, 3.63) is 88.9 Å². The van der Waals surface area contributed by atoms with Crippen LogP contribution in [0.1, 0.15) is 42.4 Å². The molecule has 0 spiro atoms. The van der Waals surface area contributed by atoms with Crippen LogP contribution in [0.25, 0.3) is 4.91 Å². The van der Waals surface area contributed by atoms with Crippen molar-refractivity contribution in [2.75, 3.05) is 13.2 Å². The van der Waals surface area contributed by atoms with Crippen molar-refractivity contribution in [3.63, 3.8) is 0 Å². The van der Waals surface area contributed by atoms with Crippen LogP contribution in [0, 0.1) is 5.82 Å². The summed E-state index contributed by atoms with van der Waals surface area (Å²) in [5, 5.41) is 0. The Bertz CT molecular complexity index is 856. The summed E-state index contributed by atoms with van der Waals surface area (Å²) in [5.74, 6) is 0.309. The minimum atomic E-state index is -0.108. The van der Waals surface area contributed by atoms with E-state index >= 15 is 0 Å². The van der Waals surface area contributed by atoms with Gasteiger partial charge in [-0.05, 0) is 67.0 Å². The van der Waals surface area contributed by atoms with Crippen LogP contribution >= 0.6 is 11.9 Å². The van der Waals surface area contributed by atoms with Gasteiger partial charge in [0.15, 0.2) is 0 Å². The van der Waals surface area contributed by atoms with E-state index in [1.807, 2.05) is 24.3 Å². The predicted octanol–water partition coefficient (Wildman–Crippen LogP) is 6.13. The first-order valence-corrected chi connectivity index (χ1v) is 10.2. The second-order valence-corrected chi connectivity index (χ2v) is 8.13. The second-order valence-electron chi connectivity index (χ2n) is 7.07. The molecule has 0 bridgehead atoms. The van der Waals surface area contributed by atoms with Crippen molar-refractivity contribution in [2.24, 2.45) is 0 Å². The highest BCUT2D eigenvalue weighted by atomic mass is 32.2. The summed E-state index contributed by atoms with van der Waals surface area (Å²) in [5.41, 5.74) is 4.16. The minimum absolute atomic E-state index is 0.108. The van der Waals surface area contributed by atoms with Crippen LogP contribution in [-0.2, 0) is 11.3 Å². The third kappa shape index (κ3) is 4.28. The van der Waals surface area contributed by atoms with Crippen molar-refractivity contribution < 1.29 is 9.13 Å². The summed E-state index contributed by atoms with van der Waals surface area (Å²) in [4.78, 5) is 1.18. The lowest BCUT2D eigenvalue weighted by Gasteiger charge is -2.28. The van der Waals surface area contributed by atoms with E-state index in [2.05, 4.69) is 41.6 Å². The molecule has 2 aliphatic heterocycles. The van der Waals surface area contributed by atoms with Gasteiger partial charge in [-0.1, -0.05) is 42.5 Å². The fourth-order valence-corrected chi connectivity index (χ4v) is 4.56. The molecular weight excluding hydrogens is 357 g/mol. The quantitative estimate of drug-likeness (QED) is 0.591. The maximum atomic E-state index is 14.8. The number of halogens is 1. The molecule has 0 N–H and O–H groups in total. The van der Waals surface area contributed by atoms with E-state index in [0.717, 1.165) is 42.9 Å². The molecule has 4 rings (SSSR count). The normalized spacial score (nSPS) is 18.2. The number of rotatable bonds is 4. The molecular formula is C23H24FNOS. The fraction of sp³-hybridized carbons (Fsp3) is 0.304. The van der Waals surface area contributed by atoms with Crippen molar-refractivity contribution >= 4 is 16.9 Å². The molecule has 0 amide bonds. The third-order valence-electron chi connectivity index (χ3n) is 5.22. The molecule has 2 aliphatic rings. The predicted molar refractivity (Wildman–Crippen MR) is 111 cm³/mol. The first-order chi connectivity index (χ1) is 13.2. The molecule has 1 fully saturated rings. The van der Waals surface area contributed by atoms with Crippen LogP contribution in [0.3, 0.4) is 0 Å². The van der Waals surface area contributed by atoms with E-state index in [1.54, 1.807) is 18.0 Å². The van der Waals surface area contributed by atoms with Crippen molar-refractivity contribution in [1.29, 1.82) is 0 Å². The summed E-state index contributed by atoms with van der Waals surface area (Å²) in [7, 11) is 0. The smallest absolute Gasteiger partial charge is 0.128 e. The average molecular weight is 382 g/mol. The van der Waals surface area contributed by atoms with E-state index in [-0.39, 0.29) is 5.82 Å². The Morgan fingerprint density at radius 2 is 1.85 bits per heavy atom. The highest BCUT2D eigenvalue weighted by Crippen LogP contribution is 2.38. The van der Waals surface area contributed by atoms with Gasteiger partial charge in [-0.2, -0.15) is 0 Å². The number of benzene rings is 2. The molecule has 2 aromatic rings. The van der Waals surface area contributed by atoms with Crippen LogP contribution in [0.4, 0.5) is 4.39 Å². The van der Waals surface area contributed by atoms with Gasteiger partial charge < -0.3 is 9.04 Å². The Labute approximate surface area is 164 Å². The lowest BCUT2D eigenvalue weighted by atomic mass is 9.91. The lowest BCUT2D eigenvalue weighted by Crippen LogP contribution is -2.17. The standard InChI is InChI=1S/C23H24FNOS/c1-17-7-10-23(19-5-3-2-4-6-19)27-25(17)16-21-9-8-20(15-22(21)24)18-11-13-26-14-12-18/h2-10,15,18H,11-14,16H2,1H3. The van der Waals surface area contributed by atoms with Gasteiger partial charge in [0.25, 0.3) is 0 Å². The monoisotopic (exact) mass is 381 g/mol. The number of hydrogen-bond donors (Lipinski definition) is 0. The van der Waals surface area contributed by atoms with Crippen molar-refractivity contribution in [1.82, 2.24) is 4.31 Å². The molecule has 4 heteroatoms. The zero-order valence-corrected chi connectivity index (χ0v) is 16.3. The first-order valence-electron chi connectivity index (χ1n) is 9.46. The van der Waals surface area contributed by atoms with Gasteiger partial charge in [0.1, 0.15) is 5.82 Å². The Morgan fingerprint density at radius 3 is 2.59 bits per heavy atom. The molecule has 0 atom stereocenters. The first kappa shape index (κ1) is 18.3. The second kappa shape index (κ2) is 8.32. The Morgan fingerprint density at radius 1 is 1.07 bits per heavy atom. The molecule has 140 valence electrons. The van der Waals surface area contributed by atoms with E-state index in [1.165, 1.54) is 10.5 Å². The van der Waals surface area contributed by atoms with Gasteiger partial charge in [0.05, 0.1) is 6.54 Å². The molecule has 2 heterocycles. The molecule has 27 heavy (non-hydrogen) atoms. The number of ether oxygens (including phenoxy) is 1. The molecule has 2 aromatic carbocycles. The molecule has 0 radical (unpaired) electrons. The van der Waals surface area contributed by atoms with E-state index < -0.39 is 0 Å². The highest BCUT2D eigenvalue weighted by Gasteiger charge is 2.20. The van der Waals surface area contributed by atoms with Crippen LogP contribution in [-0.4, -0.2) is 17.5 Å². The molecule has 0 aromatic heterocycles. The van der Waals surface area contributed by atoms with Crippen LogP contribution in [0.15, 0.2) is 66.4 Å². The maximum Gasteiger partial charge on any atom is 0.128 e. The highest BCUT2D eigenvalue weighted by molar-refractivity contribution is 8.06. The zero-order valence-electron chi connectivity index (χ0n) is 15.5. The molecule has 1 saturated heterocycles. The summed E-state index contributed by atoms with van der Waals surface area (Å²) in [6.45, 7) is 4.17. The van der Waals surface area contributed by atoms with Crippen LogP contribution in [0.2, 0.25) is 0 Å². The largest absolute Gasteiger partial charge is 0.381 e. The molecule has 0 saturated carbocycles. The summed E-state index contributed by atoms with van der Waals surface area (Å²) in [6, 6.07) is 16.1. The van der Waals surface area contributed by atoms with Crippen LogP contribution < -0.4 is 0 Å². The number of allylic oxidation sites excluding steroid dienone is 3. The Kier molecular flexibility index (Phi) is 5.65. The van der Waals surface area contributed by atoms with Gasteiger partial charge in [-0.25, -0.2) is 4.39 Å². The maximum absolute atomic E-state index is 14.8. The number of hydrogen-bond acceptors (Lipinski definition) is 3. The van der Waals surface area contributed by atoms with Gasteiger partial charge in [-0.3, -0.25) is 0 Å². The van der Waals surface area contributed by atoms with E-state index in [0.29, 0.717) is 12.5 Å². The van der Waals surface area contributed by atoms with E-state index in [9.17, 15) is 4.39 Å². The van der Waals surface area contributed by atoms with Crippen molar-refractivity contribution in [3.8, 4) is 0 Å². The van der Waals surface area contributed by atoms with Crippen LogP contribution in [0.5, 0.6) is 0 Å². The minimum Gasteiger partial charge on any atom is -0.381 e. The SMILES string of the molecule is CC1=CC=C(c2ccccc2)SN1Cc1ccc(C2CCOCC2)cc1F. The fourth-order valence-electron chi connectivity index (χ4n) is 3.54.